The fourth-order valence-electron chi connectivity index (χ4n) is 2.84. The highest BCUT2D eigenvalue weighted by molar-refractivity contribution is 7.98. The molecule has 0 fully saturated rings. The summed E-state index contributed by atoms with van der Waals surface area (Å²) in [6, 6.07) is 7.77. The topological polar surface area (TPSA) is 72.4 Å². The molecule has 1 atom stereocenters. The minimum absolute atomic E-state index is 0.0373. The Labute approximate surface area is 160 Å². The van der Waals surface area contributed by atoms with E-state index < -0.39 is 12.1 Å². The van der Waals surface area contributed by atoms with E-state index in [0.29, 0.717) is 11.7 Å². The van der Waals surface area contributed by atoms with E-state index in [2.05, 4.69) is 9.97 Å². The standard InChI is InChI=1S/C18H18ClN3O3S/c1-11(25-17(24)15-13(19)10-20-18(21-15)26-2)16(23)22-9-5-7-12-6-3-4-8-14(12)22/h3-4,6,8,10-11H,5,7,9H2,1-2H3/t11-/m0/s1. The van der Waals surface area contributed by atoms with Crippen LogP contribution in [-0.2, 0) is 16.0 Å². The van der Waals surface area contributed by atoms with Crippen LogP contribution < -0.4 is 4.90 Å². The number of nitrogens with zero attached hydrogens (tertiary/aromatic N) is 3. The van der Waals surface area contributed by atoms with Crippen molar-refractivity contribution < 1.29 is 14.3 Å². The van der Waals surface area contributed by atoms with Crippen LogP contribution in [0.4, 0.5) is 5.69 Å². The van der Waals surface area contributed by atoms with Gasteiger partial charge < -0.3 is 9.64 Å². The SMILES string of the molecule is CSc1ncc(Cl)c(C(=O)O[C@@H](C)C(=O)N2CCCc3ccccc32)n1. The summed E-state index contributed by atoms with van der Waals surface area (Å²) in [6.45, 7) is 2.16. The Morgan fingerprint density at radius 2 is 2.12 bits per heavy atom. The van der Waals surface area contributed by atoms with Gasteiger partial charge in [-0.15, -0.1) is 0 Å². The quantitative estimate of drug-likeness (QED) is 0.452. The number of rotatable bonds is 4. The van der Waals surface area contributed by atoms with Crippen molar-refractivity contribution in [2.75, 3.05) is 17.7 Å². The summed E-state index contributed by atoms with van der Waals surface area (Å²) in [4.78, 5) is 34.9. The zero-order valence-electron chi connectivity index (χ0n) is 14.4. The van der Waals surface area contributed by atoms with Gasteiger partial charge in [-0.3, -0.25) is 4.79 Å². The summed E-state index contributed by atoms with van der Waals surface area (Å²) in [7, 11) is 0. The van der Waals surface area contributed by atoms with E-state index in [4.69, 9.17) is 16.3 Å². The molecule has 3 rings (SSSR count). The molecule has 26 heavy (non-hydrogen) atoms. The summed E-state index contributed by atoms with van der Waals surface area (Å²) in [5, 5.41) is 0.501. The monoisotopic (exact) mass is 391 g/mol. The molecule has 2 heterocycles. The van der Waals surface area contributed by atoms with Crippen LogP contribution in [0.2, 0.25) is 5.02 Å². The van der Waals surface area contributed by atoms with Gasteiger partial charge in [0, 0.05) is 12.2 Å². The number of esters is 1. The third-order valence-electron chi connectivity index (χ3n) is 4.11. The zero-order chi connectivity index (χ0) is 18.7. The zero-order valence-corrected chi connectivity index (χ0v) is 16.0. The van der Waals surface area contributed by atoms with Gasteiger partial charge in [0.1, 0.15) is 0 Å². The van der Waals surface area contributed by atoms with Crippen LogP contribution in [0.25, 0.3) is 0 Å². The number of anilines is 1. The highest BCUT2D eigenvalue weighted by Gasteiger charge is 2.29. The van der Waals surface area contributed by atoms with E-state index >= 15 is 0 Å². The van der Waals surface area contributed by atoms with E-state index in [1.165, 1.54) is 18.0 Å². The van der Waals surface area contributed by atoms with Crippen LogP contribution in [-0.4, -0.2) is 40.7 Å². The molecular weight excluding hydrogens is 374 g/mol. The van der Waals surface area contributed by atoms with Gasteiger partial charge in [-0.25, -0.2) is 14.8 Å². The lowest BCUT2D eigenvalue weighted by Crippen LogP contribution is -2.42. The number of carbonyl (C=O) groups is 2. The molecule has 0 N–H and O–H groups in total. The number of hydrogen-bond acceptors (Lipinski definition) is 6. The summed E-state index contributed by atoms with van der Waals surface area (Å²) in [5.74, 6) is -1.00. The van der Waals surface area contributed by atoms with Crippen molar-refractivity contribution in [3.05, 3.63) is 46.7 Å². The lowest BCUT2D eigenvalue weighted by Gasteiger charge is -2.31. The van der Waals surface area contributed by atoms with Crippen molar-refractivity contribution >= 4 is 40.9 Å². The smallest absolute Gasteiger partial charge is 0.359 e. The Bertz CT molecular complexity index is 846. The van der Waals surface area contributed by atoms with Crippen molar-refractivity contribution in [2.24, 2.45) is 0 Å². The predicted molar refractivity (Wildman–Crippen MR) is 101 cm³/mol. The third kappa shape index (κ3) is 3.83. The summed E-state index contributed by atoms with van der Waals surface area (Å²) in [5.41, 5.74) is 1.95. The van der Waals surface area contributed by atoms with Gasteiger partial charge in [-0.2, -0.15) is 0 Å². The summed E-state index contributed by atoms with van der Waals surface area (Å²) in [6.07, 6.45) is 4.00. The maximum Gasteiger partial charge on any atom is 0.359 e. The molecule has 0 unspecified atom stereocenters. The van der Waals surface area contributed by atoms with E-state index in [-0.39, 0.29) is 16.6 Å². The predicted octanol–water partition coefficient (Wildman–Crippen LogP) is 3.38. The largest absolute Gasteiger partial charge is 0.448 e. The van der Waals surface area contributed by atoms with E-state index in [0.717, 1.165) is 24.1 Å². The van der Waals surface area contributed by atoms with Crippen molar-refractivity contribution in [1.82, 2.24) is 9.97 Å². The van der Waals surface area contributed by atoms with Gasteiger partial charge in [0.25, 0.3) is 5.91 Å². The molecule has 0 bridgehead atoms. The minimum Gasteiger partial charge on any atom is -0.448 e. The van der Waals surface area contributed by atoms with Crippen LogP contribution in [0.1, 0.15) is 29.4 Å². The number of aromatic nitrogens is 2. The number of para-hydroxylation sites is 1. The molecule has 6 nitrogen and oxygen atoms in total. The molecule has 1 aromatic carbocycles. The highest BCUT2D eigenvalue weighted by atomic mass is 35.5. The Kier molecular flexibility index (Phi) is 5.78. The minimum atomic E-state index is -0.947. The molecule has 1 aliphatic heterocycles. The normalized spacial score (nSPS) is 14.5. The fourth-order valence-corrected chi connectivity index (χ4v) is 3.35. The Balaban J connectivity index is 1.75. The Hall–Kier alpha value is -2.12. The molecule has 0 saturated carbocycles. The number of amides is 1. The summed E-state index contributed by atoms with van der Waals surface area (Å²) >= 11 is 7.28. The highest BCUT2D eigenvalue weighted by Crippen LogP contribution is 2.27. The first kappa shape index (κ1) is 18.7. The number of aryl methyl sites for hydroxylation is 1. The molecule has 0 spiro atoms. The first-order chi connectivity index (χ1) is 12.5. The van der Waals surface area contributed by atoms with Crippen molar-refractivity contribution in [1.29, 1.82) is 0 Å². The summed E-state index contributed by atoms with van der Waals surface area (Å²) < 4.78 is 5.33. The molecule has 0 radical (unpaired) electrons. The fraction of sp³-hybridized carbons (Fsp3) is 0.333. The van der Waals surface area contributed by atoms with Crippen LogP contribution in [0.15, 0.2) is 35.6 Å². The lowest BCUT2D eigenvalue weighted by atomic mass is 10.0. The average molecular weight is 392 g/mol. The number of hydrogen-bond donors (Lipinski definition) is 0. The van der Waals surface area contributed by atoms with Crippen LogP contribution >= 0.6 is 23.4 Å². The molecule has 136 valence electrons. The first-order valence-corrected chi connectivity index (χ1v) is 9.78. The van der Waals surface area contributed by atoms with E-state index in [1.54, 1.807) is 18.1 Å². The Morgan fingerprint density at radius 3 is 2.88 bits per heavy atom. The van der Waals surface area contributed by atoms with Crippen LogP contribution in [0.5, 0.6) is 0 Å². The van der Waals surface area contributed by atoms with Gasteiger partial charge in [-0.05, 0) is 37.7 Å². The molecular formula is C18H18ClN3O3S. The molecule has 0 aliphatic carbocycles. The van der Waals surface area contributed by atoms with Gasteiger partial charge in [0.05, 0.1) is 11.2 Å². The molecule has 2 aromatic rings. The molecule has 1 amide bonds. The van der Waals surface area contributed by atoms with Crippen molar-refractivity contribution in [2.45, 2.75) is 31.0 Å². The van der Waals surface area contributed by atoms with E-state index in [1.807, 2.05) is 24.3 Å². The van der Waals surface area contributed by atoms with Crippen molar-refractivity contribution in [3.63, 3.8) is 0 Å². The Morgan fingerprint density at radius 1 is 1.35 bits per heavy atom. The number of carbonyl (C=O) groups excluding carboxylic acids is 2. The van der Waals surface area contributed by atoms with Gasteiger partial charge >= 0.3 is 5.97 Å². The second-order valence-corrected chi connectivity index (χ2v) is 7.00. The number of thioether (sulfide) groups is 1. The van der Waals surface area contributed by atoms with Gasteiger partial charge in [-0.1, -0.05) is 41.6 Å². The first-order valence-electron chi connectivity index (χ1n) is 8.18. The molecule has 1 aliphatic rings. The maximum absolute atomic E-state index is 12.8. The van der Waals surface area contributed by atoms with Crippen LogP contribution in [0, 0.1) is 0 Å². The number of benzene rings is 1. The number of fused-ring (bicyclic) bond motifs is 1. The average Bonchev–Trinajstić information content (AvgIpc) is 2.67. The number of ether oxygens (including phenoxy) is 1. The second kappa shape index (κ2) is 8.05. The van der Waals surface area contributed by atoms with E-state index in [9.17, 15) is 9.59 Å². The van der Waals surface area contributed by atoms with Crippen molar-refractivity contribution in [3.8, 4) is 0 Å². The molecule has 8 heteroatoms. The molecule has 1 aromatic heterocycles. The van der Waals surface area contributed by atoms with Crippen LogP contribution in [0.3, 0.4) is 0 Å². The lowest BCUT2D eigenvalue weighted by molar-refractivity contribution is -0.126. The molecule has 0 saturated heterocycles. The maximum atomic E-state index is 12.8. The third-order valence-corrected chi connectivity index (χ3v) is 4.94. The van der Waals surface area contributed by atoms with Gasteiger partial charge in [0.15, 0.2) is 17.0 Å². The van der Waals surface area contributed by atoms with Gasteiger partial charge in [0.2, 0.25) is 0 Å². The number of halogens is 1. The second-order valence-electron chi connectivity index (χ2n) is 5.82.